The van der Waals surface area contributed by atoms with Crippen LogP contribution in [0.1, 0.15) is 24.1 Å². The second-order valence-electron chi connectivity index (χ2n) is 6.28. The molecule has 5 rings (SSSR count). The van der Waals surface area contributed by atoms with Gasteiger partial charge >= 0.3 is 0 Å². The van der Waals surface area contributed by atoms with Gasteiger partial charge in [-0.15, -0.1) is 0 Å². The Balaban J connectivity index is 2.01. The maximum atomic E-state index is 5.81. The summed E-state index contributed by atoms with van der Waals surface area (Å²) in [7, 11) is 0. The van der Waals surface area contributed by atoms with Crippen LogP contribution in [0.25, 0.3) is 33.0 Å². The van der Waals surface area contributed by atoms with Crippen molar-refractivity contribution in [1.82, 2.24) is 4.98 Å². The number of nitrogens with zero attached hydrogens (tertiary/aromatic N) is 1. The highest BCUT2D eigenvalue weighted by Gasteiger charge is 2.21. The minimum Gasteiger partial charge on any atom is -0.464 e. The van der Waals surface area contributed by atoms with Crippen molar-refractivity contribution in [3.8, 4) is 11.3 Å². The van der Waals surface area contributed by atoms with Gasteiger partial charge in [0.15, 0.2) is 0 Å². The van der Waals surface area contributed by atoms with Gasteiger partial charge in [-0.2, -0.15) is 0 Å². The van der Waals surface area contributed by atoms with Crippen LogP contribution in [0.15, 0.2) is 59.2 Å². The van der Waals surface area contributed by atoms with E-state index >= 15 is 0 Å². The van der Waals surface area contributed by atoms with Crippen LogP contribution in [0, 0.1) is 0 Å². The minimum absolute atomic E-state index is 0.965. The molecule has 4 aromatic rings. The van der Waals surface area contributed by atoms with E-state index in [1.165, 1.54) is 45.8 Å². The van der Waals surface area contributed by atoms with E-state index in [1.807, 2.05) is 6.07 Å². The summed E-state index contributed by atoms with van der Waals surface area (Å²) in [5.74, 6) is 0.965. The molecule has 0 fully saturated rings. The monoisotopic (exact) mass is 299 g/mol. The Hall–Kier alpha value is -2.61. The highest BCUT2D eigenvalue weighted by molar-refractivity contribution is 6.13. The molecule has 112 valence electrons. The third kappa shape index (κ3) is 1.91. The summed E-state index contributed by atoms with van der Waals surface area (Å²) in [5, 5.41) is 3.75. The van der Waals surface area contributed by atoms with Crippen LogP contribution in [0.3, 0.4) is 0 Å². The maximum absolute atomic E-state index is 5.81. The van der Waals surface area contributed by atoms with Gasteiger partial charge in [-0.25, -0.2) is 0 Å². The van der Waals surface area contributed by atoms with Gasteiger partial charge in [-0.1, -0.05) is 30.3 Å². The molecule has 2 aromatic carbocycles. The lowest BCUT2D eigenvalue weighted by Crippen LogP contribution is -2.08. The van der Waals surface area contributed by atoms with Gasteiger partial charge in [-0.05, 0) is 60.2 Å². The summed E-state index contributed by atoms with van der Waals surface area (Å²) in [6, 6.07) is 16.9. The third-order valence-electron chi connectivity index (χ3n) is 4.92. The van der Waals surface area contributed by atoms with Crippen molar-refractivity contribution < 1.29 is 4.42 Å². The van der Waals surface area contributed by atoms with Crippen LogP contribution in [-0.2, 0) is 12.8 Å². The van der Waals surface area contributed by atoms with Gasteiger partial charge in [-0.3, -0.25) is 4.98 Å². The largest absolute Gasteiger partial charge is 0.464 e. The fourth-order valence-corrected chi connectivity index (χ4v) is 3.89. The highest BCUT2D eigenvalue weighted by atomic mass is 16.3. The van der Waals surface area contributed by atoms with Crippen LogP contribution < -0.4 is 0 Å². The van der Waals surface area contributed by atoms with Gasteiger partial charge in [0.2, 0.25) is 0 Å². The second kappa shape index (κ2) is 4.95. The van der Waals surface area contributed by atoms with Crippen LogP contribution in [-0.4, -0.2) is 4.98 Å². The smallest absolute Gasteiger partial charge is 0.134 e. The lowest BCUT2D eigenvalue weighted by Gasteiger charge is -2.20. The van der Waals surface area contributed by atoms with E-state index in [0.29, 0.717) is 0 Å². The molecule has 23 heavy (non-hydrogen) atoms. The topological polar surface area (TPSA) is 26.0 Å². The zero-order valence-electron chi connectivity index (χ0n) is 12.9. The predicted octanol–water partition coefficient (Wildman–Crippen LogP) is 5.53. The standard InChI is InChI=1S/C21H17NO/c1-2-7-15-14(6-1)11-12-18-20(15)21(19-10-5-13-23-19)16-8-3-4-9-17(16)22-18/h1-2,5-7,10-13H,3-4,8-9H2. The maximum Gasteiger partial charge on any atom is 0.134 e. The number of hydrogen-bond acceptors (Lipinski definition) is 2. The number of rotatable bonds is 1. The number of aromatic nitrogens is 1. The Kier molecular flexibility index (Phi) is 2.77. The van der Waals surface area contributed by atoms with Gasteiger partial charge in [0.25, 0.3) is 0 Å². The lowest BCUT2D eigenvalue weighted by atomic mass is 9.87. The molecule has 1 aliphatic rings. The fourth-order valence-electron chi connectivity index (χ4n) is 3.89. The lowest BCUT2D eigenvalue weighted by molar-refractivity contribution is 0.580. The Morgan fingerprint density at radius 3 is 2.70 bits per heavy atom. The van der Waals surface area contributed by atoms with Crippen molar-refractivity contribution in [2.24, 2.45) is 0 Å². The molecule has 0 unspecified atom stereocenters. The first kappa shape index (κ1) is 12.9. The quantitative estimate of drug-likeness (QED) is 0.432. The van der Waals surface area contributed by atoms with E-state index < -0.39 is 0 Å². The summed E-state index contributed by atoms with van der Waals surface area (Å²) in [4.78, 5) is 4.99. The predicted molar refractivity (Wildman–Crippen MR) is 93.6 cm³/mol. The van der Waals surface area contributed by atoms with Crippen LogP contribution in [0.2, 0.25) is 0 Å². The fraction of sp³-hybridized carbons (Fsp3) is 0.190. The molecule has 2 aromatic heterocycles. The van der Waals surface area contributed by atoms with Crippen molar-refractivity contribution >= 4 is 21.7 Å². The molecular formula is C21H17NO. The first-order chi connectivity index (χ1) is 11.4. The average molecular weight is 299 g/mol. The van der Waals surface area contributed by atoms with Crippen molar-refractivity contribution in [1.29, 1.82) is 0 Å². The molecule has 0 N–H and O–H groups in total. The molecule has 0 amide bonds. The molecule has 2 nitrogen and oxygen atoms in total. The number of aryl methyl sites for hydroxylation is 1. The first-order valence-electron chi connectivity index (χ1n) is 8.29. The van der Waals surface area contributed by atoms with Crippen LogP contribution >= 0.6 is 0 Å². The van der Waals surface area contributed by atoms with E-state index in [9.17, 15) is 0 Å². The zero-order chi connectivity index (χ0) is 15.2. The molecule has 0 bridgehead atoms. The first-order valence-corrected chi connectivity index (χ1v) is 8.29. The molecule has 2 heterocycles. The average Bonchev–Trinajstić information content (AvgIpc) is 3.14. The zero-order valence-corrected chi connectivity index (χ0v) is 12.9. The molecule has 2 heteroatoms. The van der Waals surface area contributed by atoms with E-state index in [1.54, 1.807) is 6.26 Å². The SMILES string of the molecule is c1coc(-c2c3c(nc4ccc5ccccc5c24)CCCC3)c1. The summed E-state index contributed by atoms with van der Waals surface area (Å²) < 4.78 is 5.81. The minimum atomic E-state index is 0.965. The van der Waals surface area contributed by atoms with Crippen LogP contribution in [0.4, 0.5) is 0 Å². The summed E-state index contributed by atoms with van der Waals surface area (Å²) >= 11 is 0. The molecule has 1 aliphatic carbocycles. The number of pyridine rings is 1. The number of fused-ring (bicyclic) bond motifs is 4. The third-order valence-corrected chi connectivity index (χ3v) is 4.92. The normalized spacial score (nSPS) is 14.3. The molecule has 0 aliphatic heterocycles. The number of benzene rings is 2. The highest BCUT2D eigenvalue weighted by Crippen LogP contribution is 2.39. The van der Waals surface area contributed by atoms with E-state index in [4.69, 9.17) is 9.40 Å². The van der Waals surface area contributed by atoms with Gasteiger partial charge in [0.1, 0.15) is 5.76 Å². The summed E-state index contributed by atoms with van der Waals surface area (Å²) in [5.41, 5.74) is 4.97. The van der Waals surface area contributed by atoms with Crippen molar-refractivity contribution in [2.45, 2.75) is 25.7 Å². The van der Waals surface area contributed by atoms with Gasteiger partial charge in [0.05, 0.1) is 11.8 Å². The Bertz CT molecular complexity index is 1020. The molecular weight excluding hydrogens is 282 g/mol. The summed E-state index contributed by atoms with van der Waals surface area (Å²) in [6.07, 6.45) is 6.40. The Morgan fingerprint density at radius 2 is 1.78 bits per heavy atom. The Labute approximate surface area is 134 Å². The molecule has 0 radical (unpaired) electrons. The molecule has 0 saturated heterocycles. The van der Waals surface area contributed by atoms with E-state index in [-0.39, 0.29) is 0 Å². The van der Waals surface area contributed by atoms with Gasteiger partial charge in [0, 0.05) is 16.6 Å². The van der Waals surface area contributed by atoms with Crippen molar-refractivity contribution in [3.05, 3.63) is 66.1 Å². The second-order valence-corrected chi connectivity index (χ2v) is 6.28. The van der Waals surface area contributed by atoms with E-state index in [2.05, 4.69) is 42.5 Å². The number of hydrogen-bond donors (Lipinski definition) is 0. The summed E-state index contributed by atoms with van der Waals surface area (Å²) in [6.45, 7) is 0. The van der Waals surface area contributed by atoms with Crippen molar-refractivity contribution in [3.63, 3.8) is 0 Å². The van der Waals surface area contributed by atoms with Crippen LogP contribution in [0.5, 0.6) is 0 Å². The van der Waals surface area contributed by atoms with Crippen molar-refractivity contribution in [2.75, 3.05) is 0 Å². The Morgan fingerprint density at radius 1 is 0.870 bits per heavy atom. The molecule has 0 spiro atoms. The molecule has 0 atom stereocenters. The number of furan rings is 1. The van der Waals surface area contributed by atoms with Gasteiger partial charge < -0.3 is 4.42 Å². The van der Waals surface area contributed by atoms with E-state index in [0.717, 1.165) is 24.1 Å². The molecule has 0 saturated carbocycles.